The molecule has 0 heterocycles. The van der Waals surface area contributed by atoms with E-state index in [9.17, 15) is 18.7 Å². The fourth-order valence-corrected chi connectivity index (χ4v) is 2.11. The average molecular weight is 285 g/mol. The molecule has 20 heavy (non-hydrogen) atoms. The Hall–Kier alpha value is -1.49. The highest BCUT2D eigenvalue weighted by Crippen LogP contribution is 2.21. The van der Waals surface area contributed by atoms with Crippen molar-refractivity contribution in [2.24, 2.45) is 5.41 Å². The van der Waals surface area contributed by atoms with Gasteiger partial charge in [0.25, 0.3) is 5.91 Å². The third-order valence-electron chi connectivity index (χ3n) is 3.07. The minimum Gasteiger partial charge on any atom is -0.393 e. The summed E-state index contributed by atoms with van der Waals surface area (Å²) < 4.78 is 27.0. The first-order chi connectivity index (χ1) is 9.12. The van der Waals surface area contributed by atoms with Crippen molar-refractivity contribution < 1.29 is 18.7 Å². The van der Waals surface area contributed by atoms with Crippen LogP contribution in [0.3, 0.4) is 0 Å². The van der Waals surface area contributed by atoms with Gasteiger partial charge in [-0.25, -0.2) is 8.78 Å². The lowest BCUT2D eigenvalue weighted by molar-refractivity contribution is 0.0897. The first-order valence-corrected chi connectivity index (χ1v) is 6.54. The number of nitrogens with one attached hydrogen (secondary N) is 1. The van der Waals surface area contributed by atoms with E-state index >= 15 is 0 Å². The minimum absolute atomic E-state index is 0.161. The number of carbonyl (C=O) groups excluding carboxylic acids is 1. The van der Waals surface area contributed by atoms with Gasteiger partial charge in [-0.1, -0.05) is 13.8 Å². The van der Waals surface area contributed by atoms with Crippen LogP contribution >= 0.6 is 0 Å². The summed E-state index contributed by atoms with van der Waals surface area (Å²) in [7, 11) is 0. The third-order valence-corrected chi connectivity index (χ3v) is 3.07. The number of rotatable bonds is 5. The first kappa shape index (κ1) is 16.6. The lowest BCUT2D eigenvalue weighted by Crippen LogP contribution is -2.36. The number of carbonyl (C=O) groups is 1. The molecule has 0 radical (unpaired) electrons. The molecule has 1 rings (SSSR count). The fraction of sp³-hybridized carbons (Fsp3) is 0.533. The molecule has 1 unspecified atom stereocenters. The van der Waals surface area contributed by atoms with Crippen molar-refractivity contribution in [3.63, 3.8) is 0 Å². The van der Waals surface area contributed by atoms with Gasteiger partial charge in [-0.2, -0.15) is 0 Å². The average Bonchev–Trinajstić information content (AvgIpc) is 2.29. The summed E-state index contributed by atoms with van der Waals surface area (Å²) in [5.41, 5.74) is -0.474. The molecule has 1 aromatic carbocycles. The summed E-state index contributed by atoms with van der Waals surface area (Å²) >= 11 is 0. The minimum atomic E-state index is -0.741. The van der Waals surface area contributed by atoms with Gasteiger partial charge in [0.15, 0.2) is 0 Å². The Balaban J connectivity index is 2.75. The van der Waals surface area contributed by atoms with Gasteiger partial charge >= 0.3 is 0 Å². The van der Waals surface area contributed by atoms with Crippen molar-refractivity contribution in [2.75, 3.05) is 6.54 Å². The molecule has 0 aliphatic carbocycles. The van der Waals surface area contributed by atoms with Gasteiger partial charge < -0.3 is 10.4 Å². The zero-order chi connectivity index (χ0) is 15.5. The number of aliphatic hydroxyl groups is 1. The predicted octanol–water partition coefficient (Wildman–Crippen LogP) is 2.80. The van der Waals surface area contributed by atoms with E-state index in [2.05, 4.69) is 5.32 Å². The topological polar surface area (TPSA) is 49.3 Å². The monoisotopic (exact) mass is 285 g/mol. The van der Waals surface area contributed by atoms with Crippen molar-refractivity contribution in [1.82, 2.24) is 5.32 Å². The van der Waals surface area contributed by atoms with E-state index < -0.39 is 23.6 Å². The Bertz CT molecular complexity index is 499. The van der Waals surface area contributed by atoms with Crippen molar-refractivity contribution in [1.29, 1.82) is 0 Å². The number of amides is 1. The highest BCUT2D eigenvalue weighted by Gasteiger charge is 2.22. The molecule has 0 aliphatic heterocycles. The molecular weight excluding hydrogens is 264 g/mol. The summed E-state index contributed by atoms with van der Waals surface area (Å²) in [6.07, 6.45) is 0.00772. The summed E-state index contributed by atoms with van der Waals surface area (Å²) in [4.78, 5) is 11.9. The van der Waals surface area contributed by atoms with Gasteiger partial charge in [-0.3, -0.25) is 4.79 Å². The van der Waals surface area contributed by atoms with Gasteiger partial charge in [-0.15, -0.1) is 0 Å². The fourth-order valence-electron chi connectivity index (χ4n) is 2.11. The highest BCUT2D eigenvalue weighted by atomic mass is 19.1. The third kappa shape index (κ3) is 4.56. The molecule has 0 spiro atoms. The molecule has 0 fully saturated rings. The molecule has 3 nitrogen and oxygen atoms in total. The second-order valence-electron chi connectivity index (χ2n) is 5.98. The zero-order valence-corrected chi connectivity index (χ0v) is 12.3. The SMILES string of the molecule is Cc1cc(F)c(C(=O)NCC(C)(C)CC(C)O)cc1F. The van der Waals surface area contributed by atoms with E-state index in [1.807, 2.05) is 13.8 Å². The molecule has 0 aliphatic rings. The molecule has 0 saturated heterocycles. The van der Waals surface area contributed by atoms with Crippen LogP contribution in [0.25, 0.3) is 0 Å². The smallest absolute Gasteiger partial charge is 0.254 e. The summed E-state index contributed by atoms with van der Waals surface area (Å²) in [5.74, 6) is -2.01. The lowest BCUT2D eigenvalue weighted by Gasteiger charge is -2.26. The first-order valence-electron chi connectivity index (χ1n) is 6.54. The maximum atomic E-state index is 13.6. The van der Waals surface area contributed by atoms with E-state index in [-0.39, 0.29) is 23.1 Å². The van der Waals surface area contributed by atoms with Crippen molar-refractivity contribution in [3.8, 4) is 0 Å². The molecule has 1 amide bonds. The Morgan fingerprint density at radius 2 is 1.95 bits per heavy atom. The Morgan fingerprint density at radius 3 is 2.50 bits per heavy atom. The van der Waals surface area contributed by atoms with Gasteiger partial charge in [0.1, 0.15) is 11.6 Å². The van der Waals surface area contributed by atoms with E-state index in [1.165, 1.54) is 6.92 Å². The molecule has 112 valence electrons. The highest BCUT2D eigenvalue weighted by molar-refractivity contribution is 5.94. The second kappa shape index (κ2) is 6.31. The Labute approximate surface area is 118 Å². The Kier molecular flexibility index (Phi) is 5.22. The van der Waals surface area contributed by atoms with Gasteiger partial charge in [-0.05, 0) is 43.4 Å². The molecule has 0 aromatic heterocycles. The Morgan fingerprint density at radius 1 is 1.35 bits per heavy atom. The van der Waals surface area contributed by atoms with Crippen LogP contribution in [0.5, 0.6) is 0 Å². The van der Waals surface area contributed by atoms with Crippen LogP contribution in [-0.2, 0) is 0 Å². The maximum Gasteiger partial charge on any atom is 0.254 e. The molecule has 0 bridgehead atoms. The standard InChI is InChI=1S/C15H21F2NO2/c1-9-5-13(17)11(6-12(9)16)14(20)18-8-15(3,4)7-10(2)19/h5-6,10,19H,7-8H2,1-4H3,(H,18,20). The number of hydrogen-bond acceptors (Lipinski definition) is 2. The van der Waals surface area contributed by atoms with Crippen molar-refractivity contribution >= 4 is 5.91 Å². The summed E-state index contributed by atoms with van der Waals surface area (Å²) in [6, 6.07) is 1.91. The van der Waals surface area contributed by atoms with E-state index in [0.29, 0.717) is 6.42 Å². The van der Waals surface area contributed by atoms with Crippen molar-refractivity contribution in [3.05, 3.63) is 34.9 Å². The second-order valence-corrected chi connectivity index (χ2v) is 5.98. The number of halogens is 2. The normalized spacial score (nSPS) is 13.2. The van der Waals surface area contributed by atoms with Crippen LogP contribution in [0.1, 0.15) is 43.1 Å². The number of aliphatic hydroxyl groups excluding tert-OH is 1. The lowest BCUT2D eigenvalue weighted by atomic mass is 9.87. The van der Waals surface area contributed by atoms with Gasteiger partial charge in [0.05, 0.1) is 11.7 Å². The van der Waals surface area contributed by atoms with Crippen LogP contribution in [0.2, 0.25) is 0 Å². The molecule has 1 atom stereocenters. The van der Waals surface area contributed by atoms with Crippen LogP contribution < -0.4 is 5.32 Å². The van der Waals surface area contributed by atoms with Crippen molar-refractivity contribution in [2.45, 2.75) is 40.2 Å². The van der Waals surface area contributed by atoms with Crippen LogP contribution in [-0.4, -0.2) is 23.7 Å². The summed E-state index contributed by atoms with van der Waals surface area (Å²) in [5, 5.41) is 11.9. The number of hydrogen-bond donors (Lipinski definition) is 2. The van der Waals surface area contributed by atoms with Gasteiger partial charge in [0.2, 0.25) is 0 Å². The molecule has 1 aromatic rings. The van der Waals surface area contributed by atoms with E-state index in [1.54, 1.807) is 6.92 Å². The largest absolute Gasteiger partial charge is 0.393 e. The maximum absolute atomic E-state index is 13.6. The number of aryl methyl sites for hydroxylation is 1. The molecule has 0 saturated carbocycles. The quantitative estimate of drug-likeness (QED) is 0.874. The van der Waals surface area contributed by atoms with Crippen LogP contribution in [0, 0.1) is 24.0 Å². The molecule has 2 N–H and O–H groups in total. The summed E-state index contributed by atoms with van der Waals surface area (Å²) in [6.45, 7) is 7.13. The predicted molar refractivity (Wildman–Crippen MR) is 73.5 cm³/mol. The van der Waals surface area contributed by atoms with Crippen LogP contribution in [0.4, 0.5) is 8.78 Å². The van der Waals surface area contributed by atoms with E-state index in [4.69, 9.17) is 0 Å². The zero-order valence-electron chi connectivity index (χ0n) is 12.3. The van der Waals surface area contributed by atoms with E-state index in [0.717, 1.165) is 12.1 Å². The van der Waals surface area contributed by atoms with Crippen LogP contribution in [0.15, 0.2) is 12.1 Å². The van der Waals surface area contributed by atoms with Gasteiger partial charge in [0, 0.05) is 6.54 Å². The molecular formula is C15H21F2NO2. The number of benzene rings is 1. The molecule has 5 heteroatoms.